The lowest BCUT2D eigenvalue weighted by Crippen LogP contribution is -2.07. The van der Waals surface area contributed by atoms with E-state index in [0.717, 1.165) is 6.20 Å². The summed E-state index contributed by atoms with van der Waals surface area (Å²) in [6, 6.07) is 3.10. The lowest BCUT2D eigenvalue weighted by Gasteiger charge is -2.07. The molecule has 0 bridgehead atoms. The summed E-state index contributed by atoms with van der Waals surface area (Å²) in [6.07, 6.45) is -1.79. The molecule has 2 heterocycles. The standard InChI is InChI=1S/C10H8F3N3/c1-6-4-7(2-3-14-6)8-5-15-16-9(8)10(11,12)13/h2-5H,1H3,(H,15,16). The second kappa shape index (κ2) is 3.62. The number of aromatic amines is 1. The third-order valence-electron chi connectivity index (χ3n) is 2.13. The minimum Gasteiger partial charge on any atom is -0.273 e. The van der Waals surface area contributed by atoms with Crippen LogP contribution in [-0.2, 0) is 6.18 Å². The highest BCUT2D eigenvalue weighted by molar-refractivity contribution is 5.65. The molecule has 1 N–H and O–H groups in total. The number of halogens is 3. The van der Waals surface area contributed by atoms with Gasteiger partial charge in [0.1, 0.15) is 5.69 Å². The van der Waals surface area contributed by atoms with E-state index < -0.39 is 11.9 Å². The van der Waals surface area contributed by atoms with Gasteiger partial charge in [-0.25, -0.2) is 0 Å². The topological polar surface area (TPSA) is 41.6 Å². The molecule has 2 rings (SSSR count). The van der Waals surface area contributed by atoms with Gasteiger partial charge in [-0.2, -0.15) is 18.3 Å². The van der Waals surface area contributed by atoms with E-state index in [1.165, 1.54) is 12.3 Å². The Hall–Kier alpha value is -1.85. The predicted molar refractivity (Wildman–Crippen MR) is 51.6 cm³/mol. The van der Waals surface area contributed by atoms with E-state index in [2.05, 4.69) is 10.1 Å². The van der Waals surface area contributed by atoms with Crippen molar-refractivity contribution in [2.24, 2.45) is 0 Å². The quantitative estimate of drug-likeness (QED) is 0.813. The first kappa shape index (κ1) is 10.7. The molecular formula is C10H8F3N3. The maximum Gasteiger partial charge on any atom is 0.433 e. The summed E-state index contributed by atoms with van der Waals surface area (Å²) in [5.74, 6) is 0. The van der Waals surface area contributed by atoms with Crippen LogP contribution in [0.4, 0.5) is 13.2 Å². The lowest BCUT2D eigenvalue weighted by molar-refractivity contribution is -0.140. The van der Waals surface area contributed by atoms with E-state index >= 15 is 0 Å². The van der Waals surface area contributed by atoms with Gasteiger partial charge in [0.25, 0.3) is 0 Å². The number of hydrogen-bond acceptors (Lipinski definition) is 2. The van der Waals surface area contributed by atoms with Gasteiger partial charge in [-0.1, -0.05) is 0 Å². The van der Waals surface area contributed by atoms with E-state index in [4.69, 9.17) is 0 Å². The minimum atomic E-state index is -4.43. The van der Waals surface area contributed by atoms with Crippen LogP contribution >= 0.6 is 0 Å². The number of nitrogens with zero attached hydrogens (tertiary/aromatic N) is 2. The maximum absolute atomic E-state index is 12.6. The number of hydrogen-bond donors (Lipinski definition) is 1. The van der Waals surface area contributed by atoms with E-state index in [9.17, 15) is 13.2 Å². The van der Waals surface area contributed by atoms with Crippen molar-refractivity contribution in [3.05, 3.63) is 35.9 Å². The van der Waals surface area contributed by atoms with Crippen molar-refractivity contribution < 1.29 is 13.2 Å². The normalized spacial score (nSPS) is 11.8. The molecule has 0 radical (unpaired) electrons. The number of aromatic nitrogens is 3. The van der Waals surface area contributed by atoms with Gasteiger partial charge in [0.15, 0.2) is 0 Å². The average molecular weight is 227 g/mol. The zero-order valence-corrected chi connectivity index (χ0v) is 8.34. The van der Waals surface area contributed by atoms with Gasteiger partial charge in [-0.05, 0) is 24.6 Å². The van der Waals surface area contributed by atoms with Gasteiger partial charge in [0.05, 0.1) is 6.20 Å². The molecule has 0 aliphatic heterocycles. The zero-order chi connectivity index (χ0) is 11.8. The molecule has 0 saturated heterocycles. The van der Waals surface area contributed by atoms with Crippen molar-refractivity contribution in [3.8, 4) is 11.1 Å². The second-order valence-electron chi connectivity index (χ2n) is 3.34. The summed E-state index contributed by atoms with van der Waals surface area (Å²) in [5.41, 5.74) is 0.316. The van der Waals surface area contributed by atoms with Crippen molar-refractivity contribution in [2.45, 2.75) is 13.1 Å². The van der Waals surface area contributed by atoms with Crippen LogP contribution in [-0.4, -0.2) is 15.2 Å². The van der Waals surface area contributed by atoms with E-state index in [1.54, 1.807) is 13.0 Å². The first-order valence-electron chi connectivity index (χ1n) is 4.52. The molecule has 2 aromatic rings. The summed E-state index contributed by atoms with van der Waals surface area (Å²) in [7, 11) is 0. The van der Waals surface area contributed by atoms with E-state index in [-0.39, 0.29) is 5.56 Å². The molecule has 0 aliphatic carbocycles. The zero-order valence-electron chi connectivity index (χ0n) is 8.34. The third-order valence-corrected chi connectivity index (χ3v) is 2.13. The van der Waals surface area contributed by atoms with Crippen molar-refractivity contribution in [1.29, 1.82) is 0 Å². The molecule has 0 fully saturated rings. The van der Waals surface area contributed by atoms with Crippen LogP contribution in [0.15, 0.2) is 24.5 Å². The number of pyridine rings is 1. The fourth-order valence-corrected chi connectivity index (χ4v) is 1.43. The number of alkyl halides is 3. The van der Waals surface area contributed by atoms with Gasteiger partial charge in [-0.3, -0.25) is 10.1 Å². The summed E-state index contributed by atoms with van der Waals surface area (Å²) in [4.78, 5) is 3.93. The molecule has 2 aromatic heterocycles. The Balaban J connectivity index is 2.53. The molecule has 84 valence electrons. The summed E-state index contributed by atoms with van der Waals surface area (Å²) >= 11 is 0. The molecule has 0 atom stereocenters. The van der Waals surface area contributed by atoms with Gasteiger partial charge >= 0.3 is 6.18 Å². The molecule has 0 saturated carbocycles. The molecule has 0 aliphatic rings. The van der Waals surface area contributed by atoms with Crippen LogP contribution in [0.3, 0.4) is 0 Å². The van der Waals surface area contributed by atoms with Gasteiger partial charge in [0.2, 0.25) is 0 Å². The summed E-state index contributed by atoms with van der Waals surface area (Å²) in [5, 5.41) is 5.40. The Kier molecular flexibility index (Phi) is 2.41. The van der Waals surface area contributed by atoms with Crippen LogP contribution in [0.5, 0.6) is 0 Å². The molecule has 3 nitrogen and oxygen atoms in total. The molecule has 16 heavy (non-hydrogen) atoms. The second-order valence-corrected chi connectivity index (χ2v) is 3.34. The fraction of sp³-hybridized carbons (Fsp3) is 0.200. The fourth-order valence-electron chi connectivity index (χ4n) is 1.43. The minimum absolute atomic E-state index is 0.0398. The first-order chi connectivity index (χ1) is 7.48. The van der Waals surface area contributed by atoms with E-state index in [0.29, 0.717) is 11.3 Å². The third kappa shape index (κ3) is 1.91. The number of aryl methyl sites for hydroxylation is 1. The smallest absolute Gasteiger partial charge is 0.273 e. The molecule has 0 amide bonds. The van der Waals surface area contributed by atoms with Crippen LogP contribution in [0, 0.1) is 6.92 Å². The molecule has 0 aromatic carbocycles. The number of H-pyrrole nitrogens is 1. The number of rotatable bonds is 1. The first-order valence-corrected chi connectivity index (χ1v) is 4.52. The molecule has 6 heteroatoms. The van der Waals surface area contributed by atoms with Crippen molar-refractivity contribution >= 4 is 0 Å². The van der Waals surface area contributed by atoms with Crippen LogP contribution in [0.1, 0.15) is 11.4 Å². The summed E-state index contributed by atoms with van der Waals surface area (Å²) < 4.78 is 37.7. The Morgan fingerprint density at radius 1 is 1.31 bits per heavy atom. The van der Waals surface area contributed by atoms with Crippen LogP contribution in [0.2, 0.25) is 0 Å². The van der Waals surface area contributed by atoms with Gasteiger partial charge < -0.3 is 0 Å². The van der Waals surface area contributed by atoms with E-state index in [1.807, 2.05) is 5.10 Å². The highest BCUT2D eigenvalue weighted by Gasteiger charge is 2.35. The largest absolute Gasteiger partial charge is 0.433 e. The van der Waals surface area contributed by atoms with Crippen molar-refractivity contribution in [2.75, 3.05) is 0 Å². The highest BCUT2D eigenvalue weighted by atomic mass is 19.4. The Labute approximate surface area is 89.3 Å². The predicted octanol–water partition coefficient (Wildman–Crippen LogP) is 2.80. The van der Waals surface area contributed by atoms with Crippen LogP contribution < -0.4 is 0 Å². The van der Waals surface area contributed by atoms with Crippen molar-refractivity contribution in [1.82, 2.24) is 15.2 Å². The van der Waals surface area contributed by atoms with Crippen molar-refractivity contribution in [3.63, 3.8) is 0 Å². The Morgan fingerprint density at radius 2 is 2.06 bits per heavy atom. The average Bonchev–Trinajstić information content (AvgIpc) is 2.65. The van der Waals surface area contributed by atoms with Gasteiger partial charge in [-0.15, -0.1) is 0 Å². The molecule has 0 spiro atoms. The monoisotopic (exact) mass is 227 g/mol. The van der Waals surface area contributed by atoms with Gasteiger partial charge in [0, 0.05) is 17.5 Å². The molecule has 0 unspecified atom stereocenters. The highest BCUT2D eigenvalue weighted by Crippen LogP contribution is 2.35. The Morgan fingerprint density at radius 3 is 2.69 bits per heavy atom. The Bertz CT molecular complexity index is 502. The molecular weight excluding hydrogens is 219 g/mol. The summed E-state index contributed by atoms with van der Waals surface area (Å²) in [6.45, 7) is 1.72. The number of nitrogens with one attached hydrogen (secondary N) is 1. The maximum atomic E-state index is 12.6. The lowest BCUT2D eigenvalue weighted by atomic mass is 10.1. The SMILES string of the molecule is Cc1cc(-c2cn[nH]c2C(F)(F)F)ccn1. The van der Waals surface area contributed by atoms with Crippen LogP contribution in [0.25, 0.3) is 11.1 Å².